The summed E-state index contributed by atoms with van der Waals surface area (Å²) in [5, 5.41) is 15.3. The van der Waals surface area contributed by atoms with Crippen LogP contribution in [0.3, 0.4) is 0 Å². The number of hydrogen-bond acceptors (Lipinski definition) is 1. The van der Waals surface area contributed by atoms with Gasteiger partial charge >= 0.3 is 6.18 Å². The van der Waals surface area contributed by atoms with Crippen molar-refractivity contribution >= 4 is 43.6 Å². The summed E-state index contributed by atoms with van der Waals surface area (Å²) in [6.07, 6.45) is -4.59. The Morgan fingerprint density at radius 2 is 0.667 bits per heavy atom. The van der Waals surface area contributed by atoms with Crippen LogP contribution in [0.5, 0.6) is 0 Å². The van der Waals surface area contributed by atoms with Gasteiger partial charge in [0.1, 0.15) is 0 Å². The molecule has 0 unspecified atom stereocenters. The second-order valence-electron chi connectivity index (χ2n) is 19.2. The highest BCUT2D eigenvalue weighted by Crippen LogP contribution is 2.45. The van der Waals surface area contributed by atoms with Gasteiger partial charge in [0, 0.05) is 27.1 Å². The summed E-state index contributed by atoms with van der Waals surface area (Å²) in [7, 11) is 0. The van der Waals surface area contributed by atoms with Gasteiger partial charge in [-0.15, -0.1) is 0 Å². The summed E-state index contributed by atoms with van der Waals surface area (Å²) in [5.41, 5.74) is 18.1. The van der Waals surface area contributed by atoms with Gasteiger partial charge in [-0.25, -0.2) is 0 Å². The van der Waals surface area contributed by atoms with Crippen LogP contribution in [0.25, 0.3) is 111 Å². The van der Waals surface area contributed by atoms with Crippen molar-refractivity contribution in [2.24, 2.45) is 0 Å². The molecule has 12 aromatic rings. The smallest absolute Gasteiger partial charge is 0.307 e. The van der Waals surface area contributed by atoms with Gasteiger partial charge in [-0.3, -0.25) is 0 Å². The Labute approximate surface area is 415 Å². The SMILES string of the molecule is Cc1cccc(-c2ccc3c4ccc(-c5cccc(C)c5)cc4n(-c4cc(C#N)c(-c5cccc(C(F)(F)F)c5)cc4-n4c5cc(-c6cccc(C)c6)ccc5c5ccc(-c6cccc(C)c6)cc54)c3c2)c1. The van der Waals surface area contributed by atoms with Crippen molar-refractivity contribution in [3.05, 3.63) is 240 Å². The van der Waals surface area contributed by atoms with E-state index >= 15 is 0 Å². The highest BCUT2D eigenvalue weighted by atomic mass is 19.4. The lowest BCUT2D eigenvalue weighted by Gasteiger charge is -2.20. The maximum atomic E-state index is 14.6. The van der Waals surface area contributed by atoms with Crippen LogP contribution < -0.4 is 0 Å². The molecule has 0 saturated heterocycles. The number of halogens is 3. The van der Waals surface area contributed by atoms with Crippen LogP contribution in [0.2, 0.25) is 0 Å². The van der Waals surface area contributed by atoms with Gasteiger partial charge in [0.15, 0.2) is 0 Å². The molecule has 12 rings (SSSR count). The Hall–Kier alpha value is -8.92. The van der Waals surface area contributed by atoms with Crippen molar-refractivity contribution in [1.82, 2.24) is 9.13 Å². The molecule has 0 fully saturated rings. The summed E-state index contributed by atoms with van der Waals surface area (Å²) in [4.78, 5) is 0. The fourth-order valence-electron chi connectivity index (χ4n) is 10.7. The van der Waals surface area contributed by atoms with E-state index in [1.54, 1.807) is 6.07 Å². The largest absolute Gasteiger partial charge is 0.416 e. The fourth-order valence-corrected chi connectivity index (χ4v) is 10.7. The standard InChI is InChI=1S/C66H46F3N3/c1-40-10-5-14-44(28-40)48-20-24-55-56-25-21-49(45-15-6-11-41(2)29-45)34-61(56)71(60(55)33-48)64-37-53(39-70)59(52-18-9-19-54(32-52)66(67,68)69)38-65(64)72-62-35-50(46-16-7-12-42(3)30-46)22-26-57(62)58-27-23-51(36-63(58)72)47-17-8-13-43(4)31-47/h5-38H,1-4H3. The highest BCUT2D eigenvalue weighted by Gasteiger charge is 2.31. The minimum atomic E-state index is -4.59. The summed E-state index contributed by atoms with van der Waals surface area (Å²) < 4.78 is 48.2. The molecule has 0 bridgehead atoms. The highest BCUT2D eigenvalue weighted by molar-refractivity contribution is 6.14. The van der Waals surface area contributed by atoms with Crippen molar-refractivity contribution in [1.29, 1.82) is 5.26 Å². The fraction of sp³-hybridized carbons (Fsp3) is 0.0758. The van der Waals surface area contributed by atoms with E-state index in [2.05, 4.69) is 213 Å². The Bertz CT molecular complexity index is 4010. The van der Waals surface area contributed by atoms with Gasteiger partial charge in [-0.05, 0) is 126 Å². The van der Waals surface area contributed by atoms with Gasteiger partial charge in [0.25, 0.3) is 0 Å². The molecule has 0 aliphatic heterocycles. The molecule has 6 heteroatoms. The number of hydrogen-bond donors (Lipinski definition) is 0. The minimum absolute atomic E-state index is 0.245. The number of nitrogens with zero attached hydrogens (tertiary/aromatic N) is 3. The zero-order valence-electron chi connectivity index (χ0n) is 40.1. The third kappa shape index (κ3) is 7.71. The van der Waals surface area contributed by atoms with Gasteiger partial charge in [0.2, 0.25) is 0 Å². The van der Waals surface area contributed by atoms with Crippen molar-refractivity contribution in [2.45, 2.75) is 33.9 Å². The summed E-state index contributed by atoms with van der Waals surface area (Å²) in [6, 6.07) is 71.7. The first kappa shape index (κ1) is 44.3. The van der Waals surface area contributed by atoms with Crippen LogP contribution in [-0.4, -0.2) is 9.13 Å². The Balaban J connectivity index is 1.26. The number of alkyl halides is 3. The number of nitriles is 1. The molecule has 0 N–H and O–H groups in total. The summed E-state index contributed by atoms with van der Waals surface area (Å²) >= 11 is 0. The molecule has 346 valence electrons. The minimum Gasteiger partial charge on any atom is -0.307 e. The molecule has 0 aliphatic rings. The monoisotopic (exact) mass is 937 g/mol. The molecule has 0 atom stereocenters. The summed E-state index contributed by atoms with van der Waals surface area (Å²) in [6.45, 7) is 8.36. The Morgan fingerprint density at radius 1 is 0.347 bits per heavy atom. The van der Waals surface area contributed by atoms with E-state index in [4.69, 9.17) is 0 Å². The molecule has 3 nitrogen and oxygen atoms in total. The molecule has 0 amide bonds. The van der Waals surface area contributed by atoms with Crippen LogP contribution in [0.4, 0.5) is 13.2 Å². The molecular formula is C66H46F3N3. The maximum absolute atomic E-state index is 14.6. The quantitative estimate of drug-likeness (QED) is 0.157. The maximum Gasteiger partial charge on any atom is 0.416 e. The van der Waals surface area contributed by atoms with E-state index in [0.717, 1.165) is 123 Å². The average molecular weight is 938 g/mol. The van der Waals surface area contributed by atoms with Crippen molar-refractivity contribution in [3.8, 4) is 73.1 Å². The second kappa shape index (κ2) is 17.2. The van der Waals surface area contributed by atoms with Crippen molar-refractivity contribution < 1.29 is 13.2 Å². The lowest BCUT2D eigenvalue weighted by molar-refractivity contribution is -0.137. The molecule has 2 aromatic heterocycles. The zero-order valence-corrected chi connectivity index (χ0v) is 40.1. The molecule has 0 radical (unpaired) electrons. The van der Waals surface area contributed by atoms with E-state index in [0.29, 0.717) is 22.5 Å². The van der Waals surface area contributed by atoms with Crippen molar-refractivity contribution in [3.63, 3.8) is 0 Å². The topological polar surface area (TPSA) is 33.6 Å². The van der Waals surface area contributed by atoms with Crippen LogP contribution >= 0.6 is 0 Å². The molecule has 72 heavy (non-hydrogen) atoms. The molecular weight excluding hydrogens is 892 g/mol. The number of fused-ring (bicyclic) bond motifs is 6. The third-order valence-electron chi connectivity index (χ3n) is 14.2. The molecule has 0 aliphatic carbocycles. The van der Waals surface area contributed by atoms with E-state index in [9.17, 15) is 18.4 Å². The van der Waals surface area contributed by atoms with E-state index in [-0.39, 0.29) is 5.56 Å². The molecule has 0 saturated carbocycles. The van der Waals surface area contributed by atoms with Gasteiger partial charge < -0.3 is 9.13 Å². The average Bonchev–Trinajstić information content (AvgIpc) is 3.89. The first-order valence-electron chi connectivity index (χ1n) is 24.1. The number of aryl methyl sites for hydroxylation is 4. The molecule has 0 spiro atoms. The first-order chi connectivity index (χ1) is 34.9. The van der Waals surface area contributed by atoms with Crippen LogP contribution in [0.1, 0.15) is 33.4 Å². The number of rotatable bonds is 7. The Morgan fingerprint density at radius 3 is 1.00 bits per heavy atom. The normalized spacial score (nSPS) is 11.8. The number of benzene rings is 10. The predicted octanol–water partition coefficient (Wildman–Crippen LogP) is 18.3. The first-order valence-corrected chi connectivity index (χ1v) is 24.1. The van der Waals surface area contributed by atoms with E-state index < -0.39 is 11.7 Å². The van der Waals surface area contributed by atoms with Crippen LogP contribution in [0, 0.1) is 39.0 Å². The van der Waals surface area contributed by atoms with Gasteiger partial charge in [-0.1, -0.05) is 180 Å². The van der Waals surface area contributed by atoms with E-state index in [1.165, 1.54) is 6.07 Å². The second-order valence-corrected chi connectivity index (χ2v) is 19.2. The van der Waals surface area contributed by atoms with Crippen LogP contribution in [-0.2, 0) is 6.18 Å². The lowest BCUT2D eigenvalue weighted by Crippen LogP contribution is -2.07. The summed E-state index contributed by atoms with van der Waals surface area (Å²) in [5.74, 6) is 0. The number of aromatic nitrogens is 2. The lowest BCUT2D eigenvalue weighted by atomic mass is 9.96. The van der Waals surface area contributed by atoms with Crippen LogP contribution in [0.15, 0.2) is 206 Å². The predicted molar refractivity (Wildman–Crippen MR) is 291 cm³/mol. The third-order valence-corrected chi connectivity index (χ3v) is 14.2. The van der Waals surface area contributed by atoms with Gasteiger partial charge in [0.05, 0.1) is 50.6 Å². The Kier molecular flexibility index (Phi) is 10.6. The molecule has 2 heterocycles. The van der Waals surface area contributed by atoms with Crippen molar-refractivity contribution in [2.75, 3.05) is 0 Å². The van der Waals surface area contributed by atoms with Gasteiger partial charge in [-0.2, -0.15) is 18.4 Å². The zero-order chi connectivity index (χ0) is 49.4. The molecule has 10 aromatic carbocycles. The van der Waals surface area contributed by atoms with E-state index in [1.807, 2.05) is 12.1 Å².